The Hall–Kier alpha value is -1.44. The first-order valence-electron chi connectivity index (χ1n) is 4.20. The van der Waals surface area contributed by atoms with Gasteiger partial charge in [-0.2, -0.15) is 4.39 Å². The highest BCUT2D eigenvalue weighted by Crippen LogP contribution is 2.18. The zero-order chi connectivity index (χ0) is 9.42. The number of rotatable bonds is 0. The summed E-state index contributed by atoms with van der Waals surface area (Å²) in [7, 11) is 0. The second-order valence-electron chi connectivity index (χ2n) is 3.28. The zero-order valence-corrected chi connectivity index (χ0v) is 7.63. The van der Waals surface area contributed by atoms with Crippen molar-refractivity contribution in [3.63, 3.8) is 0 Å². The van der Waals surface area contributed by atoms with Gasteiger partial charge in [0.2, 0.25) is 5.95 Å². The fourth-order valence-electron chi connectivity index (χ4n) is 1.45. The van der Waals surface area contributed by atoms with E-state index in [9.17, 15) is 4.39 Å². The van der Waals surface area contributed by atoms with E-state index in [-0.39, 0.29) is 5.95 Å². The quantitative estimate of drug-likeness (QED) is 0.561. The molecule has 1 aromatic carbocycles. The first kappa shape index (κ1) is 8.17. The SMILES string of the molecule is Cc1ccc2cc(C)nc(F)c2c1. The summed E-state index contributed by atoms with van der Waals surface area (Å²) < 4.78 is 13.3. The Morgan fingerprint density at radius 1 is 1.15 bits per heavy atom. The van der Waals surface area contributed by atoms with Crippen LogP contribution in [0.4, 0.5) is 4.39 Å². The van der Waals surface area contributed by atoms with Crippen molar-refractivity contribution in [2.45, 2.75) is 13.8 Å². The number of aryl methyl sites for hydroxylation is 2. The summed E-state index contributed by atoms with van der Waals surface area (Å²) in [4.78, 5) is 3.78. The highest BCUT2D eigenvalue weighted by atomic mass is 19.1. The molecule has 2 aromatic rings. The predicted molar refractivity (Wildman–Crippen MR) is 51.2 cm³/mol. The fraction of sp³-hybridized carbons (Fsp3) is 0.182. The summed E-state index contributed by atoms with van der Waals surface area (Å²) in [6.07, 6.45) is 0. The maximum absolute atomic E-state index is 13.3. The van der Waals surface area contributed by atoms with Gasteiger partial charge in [-0.05, 0) is 31.4 Å². The molecule has 1 nitrogen and oxygen atoms in total. The van der Waals surface area contributed by atoms with Gasteiger partial charge in [0, 0.05) is 11.1 Å². The van der Waals surface area contributed by atoms with Crippen LogP contribution in [-0.4, -0.2) is 4.98 Å². The molecule has 2 rings (SSSR count). The van der Waals surface area contributed by atoms with Crippen molar-refractivity contribution in [1.29, 1.82) is 0 Å². The number of pyridine rings is 1. The van der Waals surface area contributed by atoms with Gasteiger partial charge >= 0.3 is 0 Å². The van der Waals surface area contributed by atoms with Gasteiger partial charge in [-0.15, -0.1) is 0 Å². The molecule has 0 fully saturated rings. The molecular weight excluding hydrogens is 165 g/mol. The molecule has 0 saturated carbocycles. The summed E-state index contributed by atoms with van der Waals surface area (Å²) in [5.74, 6) is -0.376. The Kier molecular flexibility index (Phi) is 1.76. The Bertz CT molecular complexity index is 463. The molecule has 0 aliphatic carbocycles. The molecule has 1 aromatic heterocycles. The van der Waals surface area contributed by atoms with Gasteiger partial charge in [0.15, 0.2) is 0 Å². The molecule has 0 aliphatic heterocycles. The summed E-state index contributed by atoms with van der Waals surface area (Å²) in [6, 6.07) is 7.60. The number of benzene rings is 1. The summed E-state index contributed by atoms with van der Waals surface area (Å²) >= 11 is 0. The van der Waals surface area contributed by atoms with Crippen molar-refractivity contribution in [3.8, 4) is 0 Å². The molecule has 0 bridgehead atoms. The number of hydrogen-bond donors (Lipinski definition) is 0. The highest BCUT2D eigenvalue weighted by Gasteiger charge is 2.02. The van der Waals surface area contributed by atoms with Crippen molar-refractivity contribution in [2.75, 3.05) is 0 Å². The zero-order valence-electron chi connectivity index (χ0n) is 7.63. The van der Waals surface area contributed by atoms with Gasteiger partial charge in [-0.3, -0.25) is 0 Å². The van der Waals surface area contributed by atoms with E-state index in [1.54, 1.807) is 6.92 Å². The smallest absolute Gasteiger partial charge is 0.220 e. The number of nitrogens with zero attached hydrogens (tertiary/aromatic N) is 1. The lowest BCUT2D eigenvalue weighted by molar-refractivity contribution is 0.593. The lowest BCUT2D eigenvalue weighted by Gasteiger charge is -2.01. The Morgan fingerprint density at radius 3 is 2.69 bits per heavy atom. The lowest BCUT2D eigenvalue weighted by Crippen LogP contribution is -1.89. The van der Waals surface area contributed by atoms with E-state index in [0.29, 0.717) is 11.1 Å². The second kappa shape index (κ2) is 2.80. The van der Waals surface area contributed by atoms with Crippen LogP contribution in [0.1, 0.15) is 11.3 Å². The molecule has 0 saturated heterocycles. The van der Waals surface area contributed by atoms with E-state index in [4.69, 9.17) is 0 Å². The topological polar surface area (TPSA) is 12.9 Å². The normalized spacial score (nSPS) is 10.7. The van der Waals surface area contributed by atoms with Gasteiger partial charge in [0.1, 0.15) is 0 Å². The minimum atomic E-state index is -0.376. The van der Waals surface area contributed by atoms with Crippen molar-refractivity contribution < 1.29 is 4.39 Å². The average Bonchev–Trinajstić information content (AvgIpc) is 2.06. The van der Waals surface area contributed by atoms with E-state index < -0.39 is 0 Å². The van der Waals surface area contributed by atoms with E-state index in [0.717, 1.165) is 10.9 Å². The number of fused-ring (bicyclic) bond motifs is 1. The minimum Gasteiger partial charge on any atom is -0.225 e. The van der Waals surface area contributed by atoms with Crippen molar-refractivity contribution in [2.24, 2.45) is 0 Å². The standard InChI is InChI=1S/C11H10FN/c1-7-3-4-9-6-8(2)13-11(12)10(9)5-7/h3-6H,1-2H3. The molecule has 1 heterocycles. The molecule has 0 aliphatic rings. The molecule has 0 N–H and O–H groups in total. The van der Waals surface area contributed by atoms with Gasteiger partial charge < -0.3 is 0 Å². The van der Waals surface area contributed by atoms with E-state index in [2.05, 4.69) is 4.98 Å². The highest BCUT2D eigenvalue weighted by molar-refractivity contribution is 5.83. The summed E-state index contributed by atoms with van der Waals surface area (Å²) in [5.41, 5.74) is 1.77. The molecule has 0 unspecified atom stereocenters. The van der Waals surface area contributed by atoms with Crippen LogP contribution in [0.15, 0.2) is 24.3 Å². The fourth-order valence-corrected chi connectivity index (χ4v) is 1.45. The molecule has 13 heavy (non-hydrogen) atoms. The summed E-state index contributed by atoms with van der Waals surface area (Å²) in [5, 5.41) is 1.52. The first-order valence-corrected chi connectivity index (χ1v) is 4.20. The van der Waals surface area contributed by atoms with Crippen LogP contribution in [0, 0.1) is 19.8 Å². The van der Waals surface area contributed by atoms with Crippen LogP contribution in [0.5, 0.6) is 0 Å². The Morgan fingerprint density at radius 2 is 1.92 bits per heavy atom. The summed E-state index contributed by atoms with van der Waals surface area (Å²) in [6.45, 7) is 3.74. The third-order valence-corrected chi connectivity index (χ3v) is 2.07. The van der Waals surface area contributed by atoms with E-state index in [1.807, 2.05) is 31.2 Å². The van der Waals surface area contributed by atoms with Crippen molar-refractivity contribution >= 4 is 10.8 Å². The van der Waals surface area contributed by atoms with Crippen LogP contribution in [0.25, 0.3) is 10.8 Å². The van der Waals surface area contributed by atoms with E-state index >= 15 is 0 Å². The van der Waals surface area contributed by atoms with Crippen LogP contribution in [0.2, 0.25) is 0 Å². The second-order valence-corrected chi connectivity index (χ2v) is 3.28. The maximum atomic E-state index is 13.3. The van der Waals surface area contributed by atoms with Crippen LogP contribution in [-0.2, 0) is 0 Å². The molecule has 66 valence electrons. The largest absolute Gasteiger partial charge is 0.225 e. The lowest BCUT2D eigenvalue weighted by atomic mass is 10.1. The number of halogens is 1. The van der Waals surface area contributed by atoms with Gasteiger partial charge in [0.05, 0.1) is 0 Å². The molecule has 0 atom stereocenters. The van der Waals surface area contributed by atoms with Gasteiger partial charge in [-0.25, -0.2) is 4.98 Å². The third kappa shape index (κ3) is 1.39. The molecule has 0 radical (unpaired) electrons. The van der Waals surface area contributed by atoms with Crippen LogP contribution in [0.3, 0.4) is 0 Å². The number of aromatic nitrogens is 1. The average molecular weight is 175 g/mol. The Balaban J connectivity index is 2.87. The minimum absolute atomic E-state index is 0.376. The molecule has 0 amide bonds. The molecular formula is C11H10FN. The Labute approximate surface area is 76.2 Å². The van der Waals surface area contributed by atoms with Crippen molar-refractivity contribution in [3.05, 3.63) is 41.5 Å². The van der Waals surface area contributed by atoms with Gasteiger partial charge in [-0.1, -0.05) is 17.7 Å². The maximum Gasteiger partial charge on any atom is 0.220 e. The van der Waals surface area contributed by atoms with Crippen molar-refractivity contribution in [1.82, 2.24) is 4.98 Å². The van der Waals surface area contributed by atoms with Crippen LogP contribution >= 0.6 is 0 Å². The third-order valence-electron chi connectivity index (χ3n) is 2.07. The van der Waals surface area contributed by atoms with Crippen LogP contribution < -0.4 is 0 Å². The molecule has 2 heteroatoms. The molecule has 0 spiro atoms. The predicted octanol–water partition coefficient (Wildman–Crippen LogP) is 2.99. The monoisotopic (exact) mass is 175 g/mol. The van der Waals surface area contributed by atoms with Gasteiger partial charge in [0.25, 0.3) is 0 Å². The van der Waals surface area contributed by atoms with E-state index in [1.165, 1.54) is 0 Å². The first-order chi connectivity index (χ1) is 6.16. The number of hydrogen-bond acceptors (Lipinski definition) is 1.